The SMILES string of the molecule is CC[CH2][Zn][CH2]CC. The van der Waals surface area contributed by atoms with Gasteiger partial charge in [-0.1, -0.05) is 0 Å². The molecule has 0 bridgehead atoms. The Hall–Kier alpha value is 0.623. The number of hydrogen-bond donors (Lipinski definition) is 0. The molecule has 0 amide bonds. The van der Waals surface area contributed by atoms with Gasteiger partial charge < -0.3 is 0 Å². The van der Waals surface area contributed by atoms with E-state index in [0.29, 0.717) is 0 Å². The molecule has 0 spiro atoms. The monoisotopic (exact) mass is 150 g/mol. The van der Waals surface area contributed by atoms with Crippen LogP contribution in [0.25, 0.3) is 0 Å². The third kappa shape index (κ3) is 6.62. The second-order valence-electron chi connectivity index (χ2n) is 2.06. The van der Waals surface area contributed by atoms with Crippen LogP contribution in [0.4, 0.5) is 0 Å². The minimum absolute atomic E-state index is 0.0521. The number of hydrogen-bond acceptors (Lipinski definition) is 0. The van der Waals surface area contributed by atoms with Crippen molar-refractivity contribution >= 4 is 0 Å². The molecule has 0 aromatic carbocycles. The van der Waals surface area contributed by atoms with E-state index in [1.807, 2.05) is 0 Å². The zero-order chi connectivity index (χ0) is 5.54. The van der Waals surface area contributed by atoms with Gasteiger partial charge in [0.1, 0.15) is 0 Å². The van der Waals surface area contributed by atoms with Gasteiger partial charge in [-0.15, -0.1) is 0 Å². The van der Waals surface area contributed by atoms with Crippen LogP contribution in [-0.4, -0.2) is 0 Å². The zero-order valence-electron chi connectivity index (χ0n) is 5.54. The van der Waals surface area contributed by atoms with Crippen molar-refractivity contribution in [1.29, 1.82) is 0 Å². The van der Waals surface area contributed by atoms with E-state index in [1.165, 1.54) is 12.8 Å². The first-order chi connectivity index (χ1) is 3.41. The fraction of sp³-hybridized carbons (Fsp3) is 1.00. The predicted octanol–water partition coefficient (Wildman–Crippen LogP) is 2.73. The average molecular weight is 152 g/mol. The van der Waals surface area contributed by atoms with Crippen molar-refractivity contribution in [2.24, 2.45) is 0 Å². The van der Waals surface area contributed by atoms with Crippen LogP contribution in [-0.2, 0) is 17.1 Å². The van der Waals surface area contributed by atoms with Gasteiger partial charge in [0.05, 0.1) is 0 Å². The molecular formula is C6H14Zn. The van der Waals surface area contributed by atoms with E-state index in [0.717, 1.165) is 0 Å². The van der Waals surface area contributed by atoms with Crippen LogP contribution < -0.4 is 0 Å². The topological polar surface area (TPSA) is 0 Å². The second-order valence-corrected chi connectivity index (χ2v) is 6.51. The van der Waals surface area contributed by atoms with E-state index in [-0.39, 0.29) is 17.1 Å². The van der Waals surface area contributed by atoms with E-state index < -0.39 is 0 Å². The molecule has 0 aromatic rings. The van der Waals surface area contributed by atoms with Gasteiger partial charge in [0.15, 0.2) is 0 Å². The first-order valence-electron chi connectivity index (χ1n) is 3.41. The summed E-state index contributed by atoms with van der Waals surface area (Å²) in [4.78, 5) is 0. The van der Waals surface area contributed by atoms with Crippen molar-refractivity contribution in [3.8, 4) is 0 Å². The van der Waals surface area contributed by atoms with Crippen molar-refractivity contribution in [2.45, 2.75) is 36.7 Å². The summed E-state index contributed by atoms with van der Waals surface area (Å²) in [5, 5.41) is 3.22. The van der Waals surface area contributed by atoms with E-state index in [9.17, 15) is 0 Å². The average Bonchev–Trinajstić information content (AvgIpc) is 1.69. The van der Waals surface area contributed by atoms with Crippen molar-refractivity contribution < 1.29 is 17.1 Å². The summed E-state index contributed by atoms with van der Waals surface area (Å²) in [7, 11) is 0. The molecule has 1 heteroatoms. The molecule has 40 valence electrons. The molecule has 0 aliphatic rings. The van der Waals surface area contributed by atoms with Crippen molar-refractivity contribution in [3.63, 3.8) is 0 Å². The van der Waals surface area contributed by atoms with E-state index in [4.69, 9.17) is 0 Å². The summed E-state index contributed by atoms with van der Waals surface area (Å²) in [5.74, 6) is 0. The van der Waals surface area contributed by atoms with Crippen LogP contribution in [0.3, 0.4) is 0 Å². The normalized spacial score (nSPS) is 8.29. The molecule has 0 atom stereocenters. The Balaban J connectivity index is 2.45. The Kier molecular flexibility index (Phi) is 7.21. The molecule has 0 unspecified atom stereocenters. The van der Waals surface area contributed by atoms with Crippen molar-refractivity contribution in [2.75, 3.05) is 0 Å². The molecule has 0 saturated carbocycles. The van der Waals surface area contributed by atoms with E-state index >= 15 is 0 Å². The van der Waals surface area contributed by atoms with Crippen LogP contribution in [0.5, 0.6) is 0 Å². The van der Waals surface area contributed by atoms with Gasteiger partial charge in [0.25, 0.3) is 0 Å². The molecule has 0 nitrogen and oxygen atoms in total. The second kappa shape index (κ2) is 6.62. The molecule has 0 fully saturated rings. The van der Waals surface area contributed by atoms with E-state index in [1.54, 1.807) is 10.0 Å². The molecule has 0 radical (unpaired) electrons. The van der Waals surface area contributed by atoms with Crippen molar-refractivity contribution in [1.82, 2.24) is 0 Å². The van der Waals surface area contributed by atoms with Crippen LogP contribution >= 0.6 is 0 Å². The summed E-state index contributed by atoms with van der Waals surface area (Å²) in [6.07, 6.45) is 2.89. The molecule has 0 aromatic heterocycles. The molecule has 0 N–H and O–H groups in total. The van der Waals surface area contributed by atoms with Gasteiger partial charge in [0, 0.05) is 0 Å². The van der Waals surface area contributed by atoms with Crippen molar-refractivity contribution in [3.05, 3.63) is 0 Å². The summed E-state index contributed by atoms with van der Waals surface area (Å²) in [6, 6.07) is 0. The zero-order valence-corrected chi connectivity index (χ0v) is 8.50. The Bertz CT molecular complexity index is 23.4. The third-order valence-electron chi connectivity index (χ3n) is 1.21. The van der Waals surface area contributed by atoms with Crippen LogP contribution in [0.15, 0.2) is 0 Å². The summed E-state index contributed by atoms with van der Waals surface area (Å²) in [5.41, 5.74) is 0. The summed E-state index contributed by atoms with van der Waals surface area (Å²) in [6.45, 7) is 4.59. The van der Waals surface area contributed by atoms with Gasteiger partial charge in [-0.05, 0) is 0 Å². The summed E-state index contributed by atoms with van der Waals surface area (Å²) >= 11 is 0.0521. The molecule has 0 saturated heterocycles. The molecule has 0 aliphatic carbocycles. The van der Waals surface area contributed by atoms with Gasteiger partial charge in [-0.2, -0.15) is 0 Å². The van der Waals surface area contributed by atoms with Gasteiger partial charge in [-0.25, -0.2) is 0 Å². The summed E-state index contributed by atoms with van der Waals surface area (Å²) < 4.78 is 0. The maximum atomic E-state index is 2.29. The molecule has 0 rings (SSSR count). The third-order valence-corrected chi connectivity index (χ3v) is 6.27. The molecule has 0 heterocycles. The Morgan fingerprint density at radius 3 is 1.71 bits per heavy atom. The fourth-order valence-electron chi connectivity index (χ4n) is 0.677. The standard InChI is InChI=1S/2C3H7.Zn/c2*1-3-2;/h2*1,3H2,2H3;. The van der Waals surface area contributed by atoms with Gasteiger partial charge >= 0.3 is 53.8 Å². The predicted molar refractivity (Wildman–Crippen MR) is 30.2 cm³/mol. The Morgan fingerprint density at radius 1 is 1.00 bits per heavy atom. The number of rotatable bonds is 4. The van der Waals surface area contributed by atoms with E-state index in [2.05, 4.69) is 13.8 Å². The Labute approximate surface area is 54.3 Å². The molecular weight excluding hydrogens is 137 g/mol. The fourth-order valence-corrected chi connectivity index (χ4v) is 3.52. The molecule has 0 aliphatic heterocycles. The van der Waals surface area contributed by atoms with Gasteiger partial charge in [-0.3, -0.25) is 0 Å². The van der Waals surface area contributed by atoms with Gasteiger partial charge in [0.2, 0.25) is 0 Å². The quantitative estimate of drug-likeness (QED) is 0.428. The first kappa shape index (κ1) is 7.62. The Morgan fingerprint density at radius 2 is 1.43 bits per heavy atom. The molecule has 7 heavy (non-hydrogen) atoms. The van der Waals surface area contributed by atoms with Crippen LogP contribution in [0, 0.1) is 0 Å². The maximum absolute atomic E-state index is 2.29. The minimum atomic E-state index is 0.0521. The first-order valence-corrected chi connectivity index (χ1v) is 7.61. The van der Waals surface area contributed by atoms with Crippen LogP contribution in [0.2, 0.25) is 10.0 Å². The van der Waals surface area contributed by atoms with Crippen LogP contribution in [0.1, 0.15) is 26.7 Å².